The van der Waals surface area contributed by atoms with Gasteiger partial charge in [0.25, 0.3) is 0 Å². The van der Waals surface area contributed by atoms with Gasteiger partial charge in [0.1, 0.15) is 17.3 Å². The highest BCUT2D eigenvalue weighted by Crippen LogP contribution is 2.22. The van der Waals surface area contributed by atoms with Crippen molar-refractivity contribution in [1.82, 2.24) is 10.3 Å². The van der Waals surface area contributed by atoms with E-state index in [1.165, 1.54) is 0 Å². The average molecular weight is 405 g/mol. The Hall–Kier alpha value is -3.12. The van der Waals surface area contributed by atoms with Gasteiger partial charge in [-0.25, -0.2) is 4.98 Å². The van der Waals surface area contributed by atoms with Crippen molar-refractivity contribution in [3.63, 3.8) is 0 Å². The molecule has 3 heterocycles. The normalized spacial score (nSPS) is 16.4. The van der Waals surface area contributed by atoms with Crippen LogP contribution >= 0.6 is 0 Å². The summed E-state index contributed by atoms with van der Waals surface area (Å²) in [7, 11) is 0. The number of carbonyl (C=O) groups excluding carboxylic acids is 1. The standard InChI is InChI=1S/C24H27N3O3/c1-18-17-27(13-14-29-18)23-11-7-19(15-25-23)16-26-24(28)12-9-21-8-10-22(30-21)20-5-3-2-4-6-20/h2-8,10-11,15,18H,9,12-14,16-17H2,1H3,(H,26,28). The van der Waals surface area contributed by atoms with E-state index in [0.29, 0.717) is 19.4 Å². The molecule has 156 valence electrons. The zero-order valence-corrected chi connectivity index (χ0v) is 17.2. The lowest BCUT2D eigenvalue weighted by atomic mass is 10.2. The second kappa shape index (κ2) is 9.59. The largest absolute Gasteiger partial charge is 0.461 e. The van der Waals surface area contributed by atoms with E-state index in [9.17, 15) is 4.79 Å². The molecule has 1 aliphatic rings. The highest BCUT2D eigenvalue weighted by Gasteiger charge is 2.17. The van der Waals surface area contributed by atoms with Crippen LogP contribution < -0.4 is 10.2 Å². The van der Waals surface area contributed by atoms with Crippen LogP contribution in [-0.2, 0) is 22.5 Å². The summed E-state index contributed by atoms with van der Waals surface area (Å²) in [6.07, 6.45) is 3.01. The number of hydrogen-bond donors (Lipinski definition) is 1. The molecule has 1 amide bonds. The van der Waals surface area contributed by atoms with Crippen LogP contribution in [0.1, 0.15) is 24.7 Å². The third-order valence-corrected chi connectivity index (χ3v) is 5.18. The van der Waals surface area contributed by atoms with Crippen molar-refractivity contribution in [2.24, 2.45) is 0 Å². The second-order valence-electron chi connectivity index (χ2n) is 7.56. The summed E-state index contributed by atoms with van der Waals surface area (Å²) < 4.78 is 11.4. The van der Waals surface area contributed by atoms with E-state index in [0.717, 1.165) is 48.2 Å². The van der Waals surface area contributed by atoms with E-state index >= 15 is 0 Å². The fourth-order valence-electron chi connectivity index (χ4n) is 3.53. The summed E-state index contributed by atoms with van der Waals surface area (Å²) in [5.41, 5.74) is 2.02. The van der Waals surface area contributed by atoms with E-state index in [2.05, 4.69) is 22.1 Å². The van der Waals surface area contributed by atoms with E-state index in [1.54, 1.807) is 0 Å². The predicted molar refractivity (Wildman–Crippen MR) is 116 cm³/mol. The molecule has 1 atom stereocenters. The molecular weight excluding hydrogens is 378 g/mol. The number of nitrogens with one attached hydrogen (secondary N) is 1. The highest BCUT2D eigenvalue weighted by molar-refractivity contribution is 5.76. The van der Waals surface area contributed by atoms with Gasteiger partial charge in [-0.05, 0) is 30.7 Å². The molecule has 0 saturated carbocycles. The maximum absolute atomic E-state index is 12.2. The Kier molecular flexibility index (Phi) is 6.44. The van der Waals surface area contributed by atoms with Crippen LogP contribution in [0.5, 0.6) is 0 Å². The number of carbonyl (C=O) groups is 1. The number of aromatic nitrogens is 1. The fourth-order valence-corrected chi connectivity index (χ4v) is 3.53. The van der Waals surface area contributed by atoms with Crippen LogP contribution in [0.4, 0.5) is 5.82 Å². The summed E-state index contributed by atoms with van der Waals surface area (Å²) in [6, 6.07) is 17.9. The van der Waals surface area contributed by atoms with Crippen LogP contribution in [0.2, 0.25) is 0 Å². The lowest BCUT2D eigenvalue weighted by molar-refractivity contribution is -0.121. The first-order chi connectivity index (χ1) is 14.7. The summed E-state index contributed by atoms with van der Waals surface area (Å²) in [6.45, 7) is 4.97. The number of benzene rings is 1. The Morgan fingerprint density at radius 2 is 2.03 bits per heavy atom. The lowest BCUT2D eigenvalue weighted by Gasteiger charge is -2.32. The molecule has 1 saturated heterocycles. The van der Waals surface area contributed by atoms with Crippen molar-refractivity contribution in [2.75, 3.05) is 24.6 Å². The summed E-state index contributed by atoms with van der Waals surface area (Å²) in [4.78, 5) is 19.0. The Balaban J connectivity index is 1.23. The van der Waals surface area contributed by atoms with E-state index in [4.69, 9.17) is 9.15 Å². The van der Waals surface area contributed by atoms with Gasteiger partial charge < -0.3 is 19.4 Å². The van der Waals surface area contributed by atoms with Crippen LogP contribution in [0, 0.1) is 0 Å². The molecule has 1 aliphatic heterocycles. The monoisotopic (exact) mass is 405 g/mol. The first kappa shape index (κ1) is 20.2. The number of morpholine rings is 1. The third-order valence-electron chi connectivity index (χ3n) is 5.18. The van der Waals surface area contributed by atoms with Crippen molar-refractivity contribution in [3.8, 4) is 11.3 Å². The van der Waals surface area contributed by atoms with Gasteiger partial charge in [-0.3, -0.25) is 4.79 Å². The first-order valence-electron chi connectivity index (χ1n) is 10.4. The maximum Gasteiger partial charge on any atom is 0.220 e. The minimum atomic E-state index is -0.00117. The quantitative estimate of drug-likeness (QED) is 0.647. The molecule has 1 aromatic carbocycles. The van der Waals surface area contributed by atoms with Gasteiger partial charge in [0, 0.05) is 44.2 Å². The van der Waals surface area contributed by atoms with Gasteiger partial charge >= 0.3 is 0 Å². The molecule has 3 aromatic rings. The Labute approximate surface area is 176 Å². The number of ether oxygens (including phenoxy) is 1. The average Bonchev–Trinajstić information content (AvgIpc) is 3.26. The number of amides is 1. The molecule has 1 N–H and O–H groups in total. The van der Waals surface area contributed by atoms with Gasteiger partial charge in [0.2, 0.25) is 5.91 Å². The lowest BCUT2D eigenvalue weighted by Crippen LogP contribution is -2.41. The van der Waals surface area contributed by atoms with Crippen molar-refractivity contribution in [1.29, 1.82) is 0 Å². The van der Waals surface area contributed by atoms with Gasteiger partial charge in [-0.1, -0.05) is 36.4 Å². The predicted octanol–water partition coefficient (Wildman–Crippen LogP) is 3.82. The summed E-state index contributed by atoms with van der Waals surface area (Å²) >= 11 is 0. The Bertz CT molecular complexity index is 953. The fraction of sp³-hybridized carbons (Fsp3) is 0.333. The molecule has 0 aliphatic carbocycles. The summed E-state index contributed by atoms with van der Waals surface area (Å²) in [5.74, 6) is 2.59. The molecule has 2 aromatic heterocycles. The number of rotatable bonds is 7. The second-order valence-corrected chi connectivity index (χ2v) is 7.56. The Morgan fingerprint density at radius 3 is 2.80 bits per heavy atom. The third kappa shape index (κ3) is 5.27. The van der Waals surface area contributed by atoms with E-state index in [-0.39, 0.29) is 12.0 Å². The molecule has 1 unspecified atom stereocenters. The molecular formula is C24H27N3O3. The molecule has 0 spiro atoms. The zero-order valence-electron chi connectivity index (χ0n) is 17.2. The molecule has 4 rings (SSSR count). The highest BCUT2D eigenvalue weighted by atomic mass is 16.5. The maximum atomic E-state index is 12.2. The number of furan rings is 1. The van der Waals surface area contributed by atoms with Crippen LogP contribution in [0.25, 0.3) is 11.3 Å². The number of pyridine rings is 1. The summed E-state index contributed by atoms with van der Waals surface area (Å²) in [5, 5.41) is 2.96. The van der Waals surface area contributed by atoms with Gasteiger partial charge in [-0.2, -0.15) is 0 Å². The molecule has 0 bridgehead atoms. The minimum Gasteiger partial charge on any atom is -0.461 e. The molecule has 6 heteroatoms. The van der Waals surface area contributed by atoms with Crippen LogP contribution in [-0.4, -0.2) is 36.7 Å². The SMILES string of the molecule is CC1CN(c2ccc(CNC(=O)CCc3ccc(-c4ccccc4)o3)cn2)CCO1. The number of nitrogens with zero attached hydrogens (tertiary/aromatic N) is 2. The zero-order chi connectivity index (χ0) is 20.8. The van der Waals surface area contributed by atoms with Gasteiger partial charge in [-0.15, -0.1) is 0 Å². The van der Waals surface area contributed by atoms with Crippen molar-refractivity contribution in [2.45, 2.75) is 32.4 Å². The first-order valence-corrected chi connectivity index (χ1v) is 10.4. The van der Waals surface area contributed by atoms with Gasteiger partial charge in [0.05, 0.1) is 12.7 Å². The van der Waals surface area contributed by atoms with E-state index < -0.39 is 0 Å². The van der Waals surface area contributed by atoms with Crippen LogP contribution in [0.15, 0.2) is 65.2 Å². The van der Waals surface area contributed by atoms with Crippen molar-refractivity contribution < 1.29 is 13.9 Å². The minimum absolute atomic E-state index is 0.00117. The number of anilines is 1. The van der Waals surface area contributed by atoms with Crippen molar-refractivity contribution >= 4 is 11.7 Å². The topological polar surface area (TPSA) is 67.6 Å². The Morgan fingerprint density at radius 1 is 1.17 bits per heavy atom. The molecule has 6 nitrogen and oxygen atoms in total. The van der Waals surface area contributed by atoms with Crippen LogP contribution in [0.3, 0.4) is 0 Å². The molecule has 30 heavy (non-hydrogen) atoms. The molecule has 1 fully saturated rings. The number of aryl methyl sites for hydroxylation is 1. The van der Waals surface area contributed by atoms with E-state index in [1.807, 2.05) is 60.8 Å². The van der Waals surface area contributed by atoms with Crippen molar-refractivity contribution in [3.05, 3.63) is 72.1 Å². The molecule has 0 radical (unpaired) electrons. The smallest absolute Gasteiger partial charge is 0.220 e. The van der Waals surface area contributed by atoms with Gasteiger partial charge in [0.15, 0.2) is 0 Å². The number of hydrogen-bond acceptors (Lipinski definition) is 5.